The van der Waals surface area contributed by atoms with Gasteiger partial charge >= 0.3 is 5.97 Å². The van der Waals surface area contributed by atoms with Gasteiger partial charge in [0.05, 0.1) is 21.6 Å². The van der Waals surface area contributed by atoms with Gasteiger partial charge < -0.3 is 4.74 Å². The van der Waals surface area contributed by atoms with E-state index >= 15 is 0 Å². The molecule has 0 fully saturated rings. The van der Waals surface area contributed by atoms with Crippen molar-refractivity contribution in [2.45, 2.75) is 31.8 Å². The molecule has 0 spiro atoms. The van der Waals surface area contributed by atoms with E-state index < -0.39 is 33.6 Å². The molecule has 0 aromatic heterocycles. The van der Waals surface area contributed by atoms with Crippen LogP contribution in [-0.2, 0) is 19.6 Å². The number of esters is 1. The van der Waals surface area contributed by atoms with Crippen LogP contribution in [0.2, 0.25) is 5.02 Å². The van der Waals surface area contributed by atoms with Crippen molar-refractivity contribution in [1.29, 1.82) is 0 Å². The third kappa shape index (κ3) is 4.79. The smallest absolute Gasteiger partial charge is 0.327 e. The molecule has 10 heteroatoms. The molecule has 28 heavy (non-hydrogen) atoms. The van der Waals surface area contributed by atoms with E-state index in [2.05, 4.69) is 0 Å². The Morgan fingerprint density at radius 3 is 2.50 bits per heavy atom. The summed E-state index contributed by atoms with van der Waals surface area (Å²) in [7, 11) is -4.31. The van der Waals surface area contributed by atoms with E-state index in [1.165, 1.54) is 24.3 Å². The molecule has 0 amide bonds. The molecule has 0 bridgehead atoms. The highest BCUT2D eigenvalue weighted by Gasteiger charge is 2.30. The Morgan fingerprint density at radius 2 is 1.89 bits per heavy atom. The van der Waals surface area contributed by atoms with Crippen LogP contribution in [0.15, 0.2) is 47.4 Å². The van der Waals surface area contributed by atoms with Crippen LogP contribution in [0.3, 0.4) is 0 Å². The molecule has 0 unspecified atom stereocenters. The van der Waals surface area contributed by atoms with Crippen LogP contribution >= 0.6 is 11.6 Å². The number of sulfonamides is 1. The standard InChI is InChI=1S/C18H19ClN2O6S/c1-12(2)27-18(22)11-20(17-9-5-8-16(19)13(17)3)28(25,26)15-7-4-6-14(10-15)21(23)24/h4-10,12H,11H2,1-3H3. The van der Waals surface area contributed by atoms with Crippen molar-refractivity contribution < 1.29 is 22.9 Å². The number of ether oxygens (including phenoxy) is 1. The van der Waals surface area contributed by atoms with E-state index in [9.17, 15) is 23.3 Å². The highest BCUT2D eigenvalue weighted by molar-refractivity contribution is 7.92. The number of non-ortho nitro benzene ring substituents is 1. The topological polar surface area (TPSA) is 107 Å². The predicted octanol–water partition coefficient (Wildman–Crippen LogP) is 3.70. The normalized spacial score (nSPS) is 11.3. The van der Waals surface area contributed by atoms with Crippen molar-refractivity contribution in [2.24, 2.45) is 0 Å². The van der Waals surface area contributed by atoms with Gasteiger partial charge in [-0.2, -0.15) is 0 Å². The highest BCUT2D eigenvalue weighted by Crippen LogP contribution is 2.31. The van der Waals surface area contributed by atoms with Gasteiger partial charge in [-0.3, -0.25) is 19.2 Å². The number of carbonyl (C=O) groups is 1. The van der Waals surface area contributed by atoms with Crippen LogP contribution in [0.4, 0.5) is 11.4 Å². The molecule has 0 aliphatic heterocycles. The minimum atomic E-state index is -4.31. The molecule has 0 radical (unpaired) electrons. The lowest BCUT2D eigenvalue weighted by Crippen LogP contribution is -2.37. The Labute approximate surface area is 167 Å². The minimum absolute atomic E-state index is 0.180. The number of benzene rings is 2. The molecule has 2 rings (SSSR count). The van der Waals surface area contributed by atoms with Gasteiger partial charge in [-0.25, -0.2) is 8.42 Å². The average Bonchev–Trinajstić information content (AvgIpc) is 2.61. The lowest BCUT2D eigenvalue weighted by Gasteiger charge is -2.26. The first-order valence-corrected chi connectivity index (χ1v) is 10.1. The fourth-order valence-electron chi connectivity index (χ4n) is 2.47. The Morgan fingerprint density at radius 1 is 1.25 bits per heavy atom. The van der Waals surface area contributed by atoms with Gasteiger partial charge in [0.2, 0.25) is 0 Å². The van der Waals surface area contributed by atoms with Crippen LogP contribution in [0.5, 0.6) is 0 Å². The first-order valence-electron chi connectivity index (χ1n) is 8.26. The van der Waals surface area contributed by atoms with Gasteiger partial charge in [0.25, 0.3) is 15.7 Å². The fraction of sp³-hybridized carbons (Fsp3) is 0.278. The molecule has 0 atom stereocenters. The van der Waals surface area contributed by atoms with E-state index in [0.717, 1.165) is 10.4 Å². The van der Waals surface area contributed by atoms with Crippen molar-refractivity contribution in [3.8, 4) is 0 Å². The molecule has 2 aromatic rings. The highest BCUT2D eigenvalue weighted by atomic mass is 35.5. The number of nitro groups is 1. The lowest BCUT2D eigenvalue weighted by atomic mass is 10.2. The number of nitrogens with zero attached hydrogens (tertiary/aromatic N) is 2. The molecular weight excluding hydrogens is 408 g/mol. The number of hydrogen-bond acceptors (Lipinski definition) is 6. The zero-order valence-electron chi connectivity index (χ0n) is 15.5. The maximum absolute atomic E-state index is 13.2. The molecule has 0 aliphatic rings. The monoisotopic (exact) mass is 426 g/mol. The average molecular weight is 427 g/mol. The summed E-state index contributed by atoms with van der Waals surface area (Å²) in [5.74, 6) is -0.761. The van der Waals surface area contributed by atoms with Crippen molar-refractivity contribution in [3.63, 3.8) is 0 Å². The van der Waals surface area contributed by atoms with E-state index in [1.54, 1.807) is 32.9 Å². The lowest BCUT2D eigenvalue weighted by molar-refractivity contribution is -0.385. The molecule has 0 saturated heterocycles. The second-order valence-electron chi connectivity index (χ2n) is 6.19. The maximum Gasteiger partial charge on any atom is 0.327 e. The largest absolute Gasteiger partial charge is 0.462 e. The van der Waals surface area contributed by atoms with Crippen molar-refractivity contribution in [1.82, 2.24) is 0 Å². The molecule has 0 saturated carbocycles. The van der Waals surface area contributed by atoms with E-state index in [1.807, 2.05) is 0 Å². The first kappa shape index (κ1) is 21.6. The van der Waals surface area contributed by atoms with Crippen LogP contribution in [0.1, 0.15) is 19.4 Å². The van der Waals surface area contributed by atoms with Gasteiger partial charge in [0, 0.05) is 17.2 Å². The van der Waals surface area contributed by atoms with E-state index in [4.69, 9.17) is 16.3 Å². The zero-order chi connectivity index (χ0) is 21.1. The summed E-state index contributed by atoms with van der Waals surface area (Å²) in [6, 6.07) is 9.25. The number of hydrogen-bond donors (Lipinski definition) is 0. The molecule has 0 aliphatic carbocycles. The summed E-state index contributed by atoms with van der Waals surface area (Å²) >= 11 is 6.11. The fourth-order valence-corrected chi connectivity index (χ4v) is 4.14. The van der Waals surface area contributed by atoms with Crippen LogP contribution in [0, 0.1) is 17.0 Å². The predicted molar refractivity (Wildman–Crippen MR) is 105 cm³/mol. The molecule has 0 heterocycles. The molecule has 8 nitrogen and oxygen atoms in total. The first-order chi connectivity index (χ1) is 13.0. The molecule has 0 N–H and O–H groups in total. The minimum Gasteiger partial charge on any atom is -0.462 e. The summed E-state index contributed by atoms with van der Waals surface area (Å²) in [6.45, 7) is 4.29. The third-order valence-corrected chi connectivity index (χ3v) is 5.93. The molecular formula is C18H19ClN2O6S. The van der Waals surface area contributed by atoms with E-state index in [-0.39, 0.29) is 16.3 Å². The summed E-state index contributed by atoms with van der Waals surface area (Å²) in [5, 5.41) is 11.3. The number of anilines is 1. The van der Waals surface area contributed by atoms with Gasteiger partial charge in [-0.1, -0.05) is 23.7 Å². The van der Waals surface area contributed by atoms with Crippen LogP contribution < -0.4 is 4.31 Å². The number of nitro benzene ring substituents is 1. The summed E-state index contributed by atoms with van der Waals surface area (Å²) in [5.41, 5.74) is 0.240. The Balaban J connectivity index is 2.60. The van der Waals surface area contributed by atoms with Gasteiger partial charge in [-0.05, 0) is 44.5 Å². The van der Waals surface area contributed by atoms with Crippen LogP contribution in [-0.4, -0.2) is 32.0 Å². The number of carbonyl (C=O) groups excluding carboxylic acids is 1. The maximum atomic E-state index is 13.2. The summed E-state index contributed by atoms with van der Waals surface area (Å²) in [4.78, 5) is 22.2. The second kappa shape index (κ2) is 8.57. The SMILES string of the molecule is Cc1c(Cl)cccc1N(CC(=O)OC(C)C)S(=O)(=O)c1cccc([N+](=O)[O-])c1. The van der Waals surface area contributed by atoms with E-state index in [0.29, 0.717) is 10.6 Å². The Hall–Kier alpha value is -2.65. The number of rotatable bonds is 7. The molecule has 2 aromatic carbocycles. The summed E-state index contributed by atoms with van der Waals surface area (Å²) in [6.07, 6.45) is -0.435. The third-order valence-electron chi connectivity index (χ3n) is 3.76. The van der Waals surface area contributed by atoms with Crippen molar-refractivity contribution >= 4 is 39.0 Å². The Bertz CT molecular complexity index is 1010. The second-order valence-corrected chi connectivity index (χ2v) is 8.46. The summed E-state index contributed by atoms with van der Waals surface area (Å²) < 4.78 is 32.4. The Kier molecular flexibility index (Phi) is 6.63. The zero-order valence-corrected chi connectivity index (χ0v) is 17.0. The molecule has 150 valence electrons. The van der Waals surface area contributed by atoms with Crippen molar-refractivity contribution in [2.75, 3.05) is 10.8 Å². The quantitative estimate of drug-likeness (QED) is 0.379. The van der Waals surface area contributed by atoms with Crippen molar-refractivity contribution in [3.05, 3.63) is 63.2 Å². The number of halogens is 1. The van der Waals surface area contributed by atoms with Gasteiger partial charge in [-0.15, -0.1) is 0 Å². The van der Waals surface area contributed by atoms with Crippen LogP contribution in [0.25, 0.3) is 0 Å². The van der Waals surface area contributed by atoms with Gasteiger partial charge in [0.1, 0.15) is 6.54 Å². The van der Waals surface area contributed by atoms with Gasteiger partial charge in [0.15, 0.2) is 0 Å².